The van der Waals surface area contributed by atoms with Gasteiger partial charge in [-0.1, -0.05) is 65.6 Å². The lowest BCUT2D eigenvalue weighted by Crippen LogP contribution is -2.17. The van der Waals surface area contributed by atoms with Crippen LogP contribution in [0.3, 0.4) is 0 Å². The maximum atomic E-state index is 12.3. The Labute approximate surface area is 187 Å². The van der Waals surface area contributed by atoms with E-state index in [9.17, 15) is 14.4 Å². The minimum atomic E-state index is -0.527. The number of aromatic nitrogens is 2. The van der Waals surface area contributed by atoms with Crippen LogP contribution in [0, 0.1) is 0 Å². The largest absolute Gasteiger partial charge is 0.465 e. The Kier molecular flexibility index (Phi) is 8.13. The van der Waals surface area contributed by atoms with Gasteiger partial charge in [0.1, 0.15) is 0 Å². The van der Waals surface area contributed by atoms with Gasteiger partial charge in [-0.2, -0.15) is 0 Å². The first-order valence-corrected chi connectivity index (χ1v) is 11.1. The molecule has 1 aromatic heterocycles. The number of rotatable bonds is 9. The predicted molar refractivity (Wildman–Crippen MR) is 120 cm³/mol. The van der Waals surface area contributed by atoms with Crippen LogP contribution in [0.15, 0.2) is 58.9 Å². The molecule has 3 aromatic rings. The number of carbonyl (C=O) groups excluding carboxylic acids is 3. The van der Waals surface area contributed by atoms with Crippen LogP contribution in [0.4, 0.5) is 10.8 Å². The van der Waals surface area contributed by atoms with Crippen LogP contribution in [-0.4, -0.2) is 40.8 Å². The van der Waals surface area contributed by atoms with Gasteiger partial charge in [0, 0.05) is 6.42 Å². The molecule has 0 aliphatic rings. The molecule has 2 amide bonds. The van der Waals surface area contributed by atoms with Crippen molar-refractivity contribution in [2.75, 3.05) is 23.5 Å². The summed E-state index contributed by atoms with van der Waals surface area (Å²) in [6, 6.07) is 16.4. The number of esters is 1. The molecule has 0 aliphatic heterocycles. The van der Waals surface area contributed by atoms with E-state index in [1.807, 2.05) is 30.3 Å². The van der Waals surface area contributed by atoms with E-state index in [0.29, 0.717) is 28.0 Å². The first kappa shape index (κ1) is 22.4. The monoisotopic (exact) mass is 456 g/mol. The van der Waals surface area contributed by atoms with E-state index in [-0.39, 0.29) is 23.1 Å². The average molecular weight is 457 g/mol. The highest BCUT2D eigenvalue weighted by Gasteiger charge is 2.15. The third-order valence-electron chi connectivity index (χ3n) is 4.07. The minimum Gasteiger partial charge on any atom is -0.465 e. The number of anilines is 2. The topological polar surface area (TPSA) is 110 Å². The molecule has 0 saturated heterocycles. The lowest BCUT2D eigenvalue weighted by molar-refractivity contribution is -0.116. The van der Waals surface area contributed by atoms with Gasteiger partial charge in [0.15, 0.2) is 4.34 Å². The second-order valence-corrected chi connectivity index (χ2v) is 8.48. The zero-order valence-electron chi connectivity index (χ0n) is 16.7. The molecule has 10 heteroatoms. The lowest BCUT2D eigenvalue weighted by Gasteiger charge is -2.08. The first-order valence-electron chi connectivity index (χ1n) is 9.32. The highest BCUT2D eigenvalue weighted by molar-refractivity contribution is 8.01. The Morgan fingerprint density at radius 2 is 1.71 bits per heavy atom. The number of amides is 2. The second-order valence-electron chi connectivity index (χ2n) is 6.28. The van der Waals surface area contributed by atoms with Crippen LogP contribution in [0.1, 0.15) is 22.3 Å². The number of methoxy groups -OCH3 is 1. The Hall–Kier alpha value is -3.24. The number of thioether (sulfide) groups is 1. The van der Waals surface area contributed by atoms with Crippen molar-refractivity contribution in [1.82, 2.24) is 10.2 Å². The van der Waals surface area contributed by atoms with E-state index in [2.05, 4.69) is 20.8 Å². The molecule has 2 aromatic carbocycles. The number of ether oxygens (including phenoxy) is 1. The molecule has 0 spiro atoms. The first-order chi connectivity index (χ1) is 15.0. The van der Waals surface area contributed by atoms with Gasteiger partial charge in [-0.25, -0.2) is 4.79 Å². The minimum absolute atomic E-state index is 0.0755. The fourth-order valence-electron chi connectivity index (χ4n) is 2.60. The summed E-state index contributed by atoms with van der Waals surface area (Å²) in [5, 5.41) is 13.7. The molecule has 8 nitrogen and oxygen atoms in total. The van der Waals surface area contributed by atoms with Crippen LogP contribution in [0.5, 0.6) is 0 Å². The summed E-state index contributed by atoms with van der Waals surface area (Å²) in [5.41, 5.74) is 1.74. The summed E-state index contributed by atoms with van der Waals surface area (Å²) in [4.78, 5) is 36.1. The molecule has 0 aliphatic carbocycles. The van der Waals surface area contributed by atoms with Gasteiger partial charge in [0.25, 0.3) is 0 Å². The summed E-state index contributed by atoms with van der Waals surface area (Å²) in [6.45, 7) is 0. The van der Waals surface area contributed by atoms with Gasteiger partial charge in [-0.05, 0) is 24.1 Å². The lowest BCUT2D eigenvalue weighted by atomic mass is 10.1. The molecule has 0 atom stereocenters. The van der Waals surface area contributed by atoms with Crippen molar-refractivity contribution in [1.29, 1.82) is 0 Å². The van der Waals surface area contributed by atoms with Crippen LogP contribution in [-0.2, 0) is 20.7 Å². The highest BCUT2D eigenvalue weighted by atomic mass is 32.2. The second kappa shape index (κ2) is 11.2. The van der Waals surface area contributed by atoms with Crippen molar-refractivity contribution in [2.45, 2.75) is 17.2 Å². The molecule has 0 bridgehead atoms. The predicted octanol–water partition coefficient (Wildman–Crippen LogP) is 3.63. The SMILES string of the molecule is COC(=O)c1ccccc1NC(=O)CSc1nnc(NC(=O)CCc2ccccc2)s1. The van der Waals surface area contributed by atoms with Gasteiger partial charge < -0.3 is 15.4 Å². The van der Waals surface area contributed by atoms with Gasteiger partial charge in [-0.3, -0.25) is 9.59 Å². The number of carbonyl (C=O) groups is 3. The standard InChI is InChI=1S/C21H20N4O4S2/c1-29-19(28)15-9-5-6-10-16(15)22-18(27)13-30-21-25-24-20(31-21)23-17(26)12-11-14-7-3-2-4-8-14/h2-10H,11-13H2,1H3,(H,22,27)(H,23,24,26). The zero-order valence-corrected chi connectivity index (χ0v) is 18.3. The Bertz CT molecular complexity index is 1060. The number of nitrogens with one attached hydrogen (secondary N) is 2. The van der Waals surface area contributed by atoms with E-state index in [1.165, 1.54) is 30.2 Å². The molecule has 31 heavy (non-hydrogen) atoms. The van der Waals surface area contributed by atoms with Gasteiger partial charge in [0.05, 0.1) is 24.1 Å². The number of hydrogen-bond donors (Lipinski definition) is 2. The third kappa shape index (κ3) is 6.90. The molecular weight excluding hydrogens is 436 g/mol. The van der Waals surface area contributed by atoms with E-state index >= 15 is 0 Å². The average Bonchev–Trinajstić information content (AvgIpc) is 3.24. The number of hydrogen-bond acceptors (Lipinski definition) is 8. The van der Waals surface area contributed by atoms with Crippen molar-refractivity contribution in [2.24, 2.45) is 0 Å². The summed E-state index contributed by atoms with van der Waals surface area (Å²) >= 11 is 2.39. The van der Waals surface area contributed by atoms with Crippen molar-refractivity contribution in [3.05, 3.63) is 65.7 Å². The summed E-state index contributed by atoms with van der Waals surface area (Å²) in [5.74, 6) is -0.898. The van der Waals surface area contributed by atoms with E-state index in [0.717, 1.165) is 5.56 Å². The summed E-state index contributed by atoms with van der Waals surface area (Å²) < 4.78 is 5.27. The third-order valence-corrected chi connectivity index (χ3v) is 6.04. The Morgan fingerprint density at radius 3 is 2.48 bits per heavy atom. The van der Waals surface area contributed by atoms with E-state index in [4.69, 9.17) is 4.74 Å². The molecule has 0 fully saturated rings. The van der Waals surface area contributed by atoms with Gasteiger partial charge >= 0.3 is 5.97 Å². The molecule has 0 unspecified atom stereocenters. The normalized spacial score (nSPS) is 10.4. The fraction of sp³-hybridized carbons (Fsp3) is 0.190. The maximum absolute atomic E-state index is 12.3. The molecular formula is C21H20N4O4S2. The van der Waals surface area contributed by atoms with Crippen LogP contribution in [0.25, 0.3) is 0 Å². The van der Waals surface area contributed by atoms with Crippen molar-refractivity contribution >= 4 is 51.7 Å². The maximum Gasteiger partial charge on any atom is 0.339 e. The Balaban J connectivity index is 1.46. The number of nitrogens with zero attached hydrogens (tertiary/aromatic N) is 2. The fourth-order valence-corrected chi connectivity index (χ4v) is 4.16. The smallest absolute Gasteiger partial charge is 0.339 e. The quantitative estimate of drug-likeness (QED) is 0.287. The van der Waals surface area contributed by atoms with Crippen molar-refractivity contribution < 1.29 is 19.1 Å². The molecule has 0 saturated carbocycles. The van der Waals surface area contributed by atoms with Gasteiger partial charge in [-0.15, -0.1) is 10.2 Å². The van der Waals surface area contributed by atoms with E-state index < -0.39 is 5.97 Å². The van der Waals surface area contributed by atoms with Crippen molar-refractivity contribution in [3.8, 4) is 0 Å². The molecule has 3 rings (SSSR count). The van der Waals surface area contributed by atoms with E-state index in [1.54, 1.807) is 24.3 Å². The zero-order chi connectivity index (χ0) is 22.1. The van der Waals surface area contributed by atoms with Crippen LogP contribution >= 0.6 is 23.1 Å². The molecule has 0 radical (unpaired) electrons. The van der Waals surface area contributed by atoms with Crippen molar-refractivity contribution in [3.63, 3.8) is 0 Å². The number of para-hydroxylation sites is 1. The van der Waals surface area contributed by atoms with Gasteiger partial charge in [0.2, 0.25) is 16.9 Å². The molecule has 1 heterocycles. The molecule has 160 valence electrons. The summed E-state index contributed by atoms with van der Waals surface area (Å²) in [6.07, 6.45) is 0.981. The Morgan fingerprint density at radius 1 is 0.968 bits per heavy atom. The number of benzene rings is 2. The van der Waals surface area contributed by atoms with Crippen LogP contribution < -0.4 is 10.6 Å². The highest BCUT2D eigenvalue weighted by Crippen LogP contribution is 2.26. The molecule has 2 N–H and O–H groups in total. The van der Waals surface area contributed by atoms with Crippen LogP contribution in [0.2, 0.25) is 0 Å². The number of aryl methyl sites for hydroxylation is 1. The summed E-state index contributed by atoms with van der Waals surface area (Å²) in [7, 11) is 1.28.